The van der Waals surface area contributed by atoms with E-state index in [0.717, 1.165) is 23.3 Å². The zero-order valence-corrected chi connectivity index (χ0v) is 18.7. The summed E-state index contributed by atoms with van der Waals surface area (Å²) < 4.78 is 51.8. The number of hydrogen-bond donors (Lipinski definition) is 1. The van der Waals surface area contributed by atoms with Gasteiger partial charge in [-0.25, -0.2) is 0 Å². The molecule has 1 saturated heterocycles. The van der Waals surface area contributed by atoms with Gasteiger partial charge < -0.3 is 14.8 Å². The number of ether oxygens (including phenoxy) is 2. The zero-order chi connectivity index (χ0) is 23.6. The number of nitrogens with one attached hydrogen (secondary N) is 1. The second kappa shape index (κ2) is 9.85. The molecule has 3 atom stereocenters. The van der Waals surface area contributed by atoms with Gasteiger partial charge in [0.1, 0.15) is 0 Å². The van der Waals surface area contributed by atoms with Crippen LogP contribution in [0, 0.1) is 0 Å². The minimum Gasteiger partial charge on any atom is -0.349 e. The van der Waals surface area contributed by atoms with Gasteiger partial charge in [0.25, 0.3) is 0 Å². The third kappa shape index (κ3) is 5.58. The third-order valence-corrected chi connectivity index (χ3v) is 6.13. The first-order chi connectivity index (χ1) is 15.7. The molecule has 0 aliphatic carbocycles. The average Bonchev–Trinajstić information content (AvgIpc) is 3.18. The predicted octanol–water partition coefficient (Wildman–Crippen LogP) is 4.89. The first kappa shape index (κ1) is 23.8. The van der Waals surface area contributed by atoms with Crippen LogP contribution in [0.4, 0.5) is 13.2 Å². The van der Waals surface area contributed by atoms with E-state index in [1.165, 1.54) is 6.07 Å². The summed E-state index contributed by atoms with van der Waals surface area (Å²) in [5, 5.41) is 2.97. The molecular weight excluding hydrogens is 457 g/mol. The summed E-state index contributed by atoms with van der Waals surface area (Å²) in [6, 6.07) is 12.5. The molecule has 4 rings (SSSR count). The van der Waals surface area contributed by atoms with Crippen molar-refractivity contribution in [3.8, 4) is 0 Å². The fourth-order valence-corrected chi connectivity index (χ4v) is 4.43. The second-order valence-electron chi connectivity index (χ2n) is 8.10. The molecule has 176 valence electrons. The van der Waals surface area contributed by atoms with Crippen LogP contribution in [0.1, 0.15) is 35.8 Å². The number of benzene rings is 2. The van der Waals surface area contributed by atoms with Gasteiger partial charge in [-0.2, -0.15) is 13.2 Å². The molecule has 0 bridgehead atoms. The largest absolute Gasteiger partial charge is 0.416 e. The van der Waals surface area contributed by atoms with Crippen molar-refractivity contribution in [3.05, 3.63) is 81.9 Å². The Balaban J connectivity index is 1.60. The lowest BCUT2D eigenvalue weighted by atomic mass is 10.0. The van der Waals surface area contributed by atoms with Crippen molar-refractivity contribution in [2.24, 2.45) is 0 Å². The van der Waals surface area contributed by atoms with Crippen LogP contribution in [-0.2, 0) is 20.4 Å². The smallest absolute Gasteiger partial charge is 0.349 e. The van der Waals surface area contributed by atoms with Crippen molar-refractivity contribution in [1.29, 1.82) is 0 Å². The van der Waals surface area contributed by atoms with E-state index in [4.69, 9.17) is 21.1 Å². The van der Waals surface area contributed by atoms with Gasteiger partial charge in [0.05, 0.1) is 24.3 Å². The molecule has 5 nitrogen and oxygen atoms in total. The summed E-state index contributed by atoms with van der Waals surface area (Å²) >= 11 is 6.22. The monoisotopic (exact) mass is 480 g/mol. The van der Waals surface area contributed by atoms with E-state index in [-0.39, 0.29) is 22.5 Å². The number of nitrogens with zero attached hydrogens (tertiary/aromatic N) is 1. The summed E-state index contributed by atoms with van der Waals surface area (Å²) in [7, 11) is 0. The Morgan fingerprint density at radius 1 is 1.24 bits per heavy atom. The van der Waals surface area contributed by atoms with E-state index in [1.54, 1.807) is 13.0 Å². The Labute approximate surface area is 195 Å². The molecule has 9 heteroatoms. The summed E-state index contributed by atoms with van der Waals surface area (Å²) in [6.45, 7) is 3.68. The van der Waals surface area contributed by atoms with Crippen LogP contribution in [0.3, 0.4) is 0 Å². The van der Waals surface area contributed by atoms with Crippen molar-refractivity contribution in [2.45, 2.75) is 31.5 Å². The molecule has 0 saturated carbocycles. The first-order valence-electron chi connectivity index (χ1n) is 10.6. The lowest BCUT2D eigenvalue weighted by Crippen LogP contribution is -2.47. The van der Waals surface area contributed by atoms with Crippen LogP contribution in [0.15, 0.2) is 60.2 Å². The molecule has 2 heterocycles. The van der Waals surface area contributed by atoms with Gasteiger partial charge in [0.2, 0.25) is 5.91 Å². The Kier molecular flexibility index (Phi) is 7.09. The van der Waals surface area contributed by atoms with Crippen LogP contribution in [-0.4, -0.2) is 43.3 Å². The van der Waals surface area contributed by atoms with Crippen molar-refractivity contribution < 1.29 is 27.4 Å². The molecule has 0 unspecified atom stereocenters. The van der Waals surface area contributed by atoms with Crippen LogP contribution in [0.5, 0.6) is 0 Å². The number of alkyl halides is 3. The fourth-order valence-electron chi connectivity index (χ4n) is 4.15. The fraction of sp³-hybridized carbons (Fsp3) is 0.375. The van der Waals surface area contributed by atoms with Crippen LogP contribution >= 0.6 is 11.6 Å². The van der Waals surface area contributed by atoms with Gasteiger partial charge in [0.15, 0.2) is 6.29 Å². The van der Waals surface area contributed by atoms with Gasteiger partial charge in [-0.15, -0.1) is 0 Å². The van der Waals surface area contributed by atoms with E-state index in [1.807, 2.05) is 30.3 Å². The summed E-state index contributed by atoms with van der Waals surface area (Å²) in [5.74, 6) is -0.116. The number of carbonyl (C=O) groups excluding carboxylic acids is 1. The number of carbonyl (C=O) groups is 1. The second-order valence-corrected chi connectivity index (χ2v) is 8.51. The van der Waals surface area contributed by atoms with E-state index >= 15 is 0 Å². The SMILES string of the molecule is C[C@@H](O[C@H]1OCCN(CC2=CC(=O)NC2)[C@H]1c1ccccc1)c1cc(C(F)(F)F)ccc1Cl. The Hall–Kier alpha value is -2.39. The van der Waals surface area contributed by atoms with Gasteiger partial charge in [-0.3, -0.25) is 9.69 Å². The molecule has 33 heavy (non-hydrogen) atoms. The standard InChI is InChI=1S/C24H24ClF3N2O3/c1-15(19-12-18(24(26,27)28)7-8-20(19)25)33-23-22(17-5-3-2-4-6-17)30(9-10-32-23)14-16-11-21(31)29-13-16/h2-8,11-12,15,22-23H,9-10,13-14H2,1H3,(H,29,31)/t15-,22+,23-/m1/s1. The number of amides is 1. The van der Waals surface area contributed by atoms with Crippen molar-refractivity contribution in [2.75, 3.05) is 26.2 Å². The van der Waals surface area contributed by atoms with E-state index in [0.29, 0.717) is 26.2 Å². The number of rotatable bonds is 6. The molecule has 0 spiro atoms. The lowest BCUT2D eigenvalue weighted by molar-refractivity contribution is -0.228. The van der Waals surface area contributed by atoms with E-state index in [9.17, 15) is 18.0 Å². The quantitative estimate of drug-likeness (QED) is 0.639. The van der Waals surface area contributed by atoms with Crippen molar-refractivity contribution in [1.82, 2.24) is 10.2 Å². The Morgan fingerprint density at radius 3 is 2.67 bits per heavy atom. The van der Waals surface area contributed by atoms with Gasteiger partial charge in [0, 0.05) is 30.7 Å². The minimum atomic E-state index is -4.48. The van der Waals surface area contributed by atoms with Crippen molar-refractivity contribution in [3.63, 3.8) is 0 Å². The van der Waals surface area contributed by atoms with Crippen LogP contribution in [0.2, 0.25) is 5.02 Å². The Bertz CT molecular complexity index is 1030. The normalized spacial score (nSPS) is 22.7. The maximum absolute atomic E-state index is 13.2. The molecule has 1 fully saturated rings. The molecule has 0 aromatic heterocycles. The number of morpholine rings is 1. The molecule has 1 amide bonds. The molecule has 2 aliphatic heterocycles. The maximum Gasteiger partial charge on any atom is 0.416 e. The molecule has 1 N–H and O–H groups in total. The number of halogens is 4. The molecule has 2 aromatic rings. The number of hydrogen-bond acceptors (Lipinski definition) is 4. The lowest BCUT2D eigenvalue weighted by Gasteiger charge is -2.42. The molecule has 0 radical (unpaired) electrons. The summed E-state index contributed by atoms with van der Waals surface area (Å²) in [6.07, 6.45) is -4.37. The highest BCUT2D eigenvalue weighted by Gasteiger charge is 2.37. The highest BCUT2D eigenvalue weighted by atomic mass is 35.5. The average molecular weight is 481 g/mol. The molecular formula is C24H24ClF3N2O3. The maximum atomic E-state index is 13.2. The first-order valence-corrected chi connectivity index (χ1v) is 11.0. The van der Waals surface area contributed by atoms with Gasteiger partial charge in [-0.1, -0.05) is 41.9 Å². The highest BCUT2D eigenvalue weighted by Crippen LogP contribution is 2.38. The van der Waals surface area contributed by atoms with E-state index in [2.05, 4.69) is 10.2 Å². The van der Waals surface area contributed by atoms with Gasteiger partial charge in [-0.05, 0) is 41.8 Å². The zero-order valence-electron chi connectivity index (χ0n) is 17.9. The topological polar surface area (TPSA) is 50.8 Å². The third-order valence-electron chi connectivity index (χ3n) is 5.78. The van der Waals surface area contributed by atoms with E-state index < -0.39 is 24.1 Å². The van der Waals surface area contributed by atoms with Crippen LogP contribution in [0.25, 0.3) is 0 Å². The minimum absolute atomic E-state index is 0.116. The highest BCUT2D eigenvalue weighted by molar-refractivity contribution is 6.31. The Morgan fingerprint density at radius 2 is 2.00 bits per heavy atom. The van der Waals surface area contributed by atoms with Crippen molar-refractivity contribution >= 4 is 17.5 Å². The predicted molar refractivity (Wildman–Crippen MR) is 118 cm³/mol. The van der Waals surface area contributed by atoms with Crippen LogP contribution < -0.4 is 5.32 Å². The summed E-state index contributed by atoms with van der Waals surface area (Å²) in [5.41, 5.74) is 1.36. The van der Waals surface area contributed by atoms with Gasteiger partial charge >= 0.3 is 6.18 Å². The summed E-state index contributed by atoms with van der Waals surface area (Å²) in [4.78, 5) is 13.8. The molecule has 2 aliphatic rings. The molecule has 2 aromatic carbocycles.